The SMILES string of the molecule is COC(=O)[C@@H](N)CCC(=O)N(C(=O)OC(C)(C)C)[C@@H](CCCCN)C(=O)OC. The van der Waals surface area contributed by atoms with Crippen molar-refractivity contribution in [3.8, 4) is 0 Å². The first-order chi connectivity index (χ1) is 13.0. The summed E-state index contributed by atoms with van der Waals surface area (Å²) in [7, 11) is 2.35. The molecule has 10 heteroatoms. The van der Waals surface area contributed by atoms with E-state index >= 15 is 0 Å². The average molecular weight is 403 g/mol. The molecule has 0 radical (unpaired) electrons. The fourth-order valence-electron chi connectivity index (χ4n) is 2.35. The molecule has 0 unspecified atom stereocenters. The topological polar surface area (TPSA) is 151 Å². The molecule has 0 fully saturated rings. The first kappa shape index (κ1) is 25.8. The number of carbonyl (C=O) groups excluding carboxylic acids is 4. The summed E-state index contributed by atoms with van der Waals surface area (Å²) >= 11 is 0. The average Bonchev–Trinajstić information content (AvgIpc) is 2.62. The predicted molar refractivity (Wildman–Crippen MR) is 101 cm³/mol. The summed E-state index contributed by atoms with van der Waals surface area (Å²) in [6.45, 7) is 5.33. The van der Waals surface area contributed by atoms with Crippen LogP contribution in [0.3, 0.4) is 0 Å². The number of hydrogen-bond acceptors (Lipinski definition) is 9. The van der Waals surface area contributed by atoms with Gasteiger partial charge < -0.3 is 25.7 Å². The van der Waals surface area contributed by atoms with Crippen molar-refractivity contribution >= 4 is 23.9 Å². The smallest absolute Gasteiger partial charge is 0.417 e. The lowest BCUT2D eigenvalue weighted by Gasteiger charge is -2.31. The van der Waals surface area contributed by atoms with E-state index in [9.17, 15) is 19.2 Å². The van der Waals surface area contributed by atoms with Crippen molar-refractivity contribution in [3.05, 3.63) is 0 Å². The molecule has 10 nitrogen and oxygen atoms in total. The Balaban J connectivity index is 5.55. The van der Waals surface area contributed by atoms with Crippen LogP contribution >= 0.6 is 0 Å². The number of rotatable bonds is 10. The summed E-state index contributed by atoms with van der Waals surface area (Å²) in [5.41, 5.74) is 10.2. The zero-order valence-corrected chi connectivity index (χ0v) is 17.4. The highest BCUT2D eigenvalue weighted by atomic mass is 16.6. The number of carbonyl (C=O) groups is 4. The molecule has 0 saturated carbocycles. The maximum absolute atomic E-state index is 12.8. The van der Waals surface area contributed by atoms with Crippen molar-refractivity contribution < 1.29 is 33.4 Å². The maximum atomic E-state index is 12.8. The molecular weight excluding hydrogens is 370 g/mol. The minimum absolute atomic E-state index is 0.0541. The Labute approximate surface area is 165 Å². The highest BCUT2D eigenvalue weighted by molar-refractivity contribution is 5.97. The summed E-state index contributed by atoms with van der Waals surface area (Å²) in [5.74, 6) is -2.12. The van der Waals surface area contributed by atoms with Gasteiger partial charge in [0.2, 0.25) is 5.91 Å². The Morgan fingerprint density at radius 1 is 0.964 bits per heavy atom. The Kier molecular flexibility index (Phi) is 11.3. The van der Waals surface area contributed by atoms with Crippen molar-refractivity contribution in [2.75, 3.05) is 20.8 Å². The van der Waals surface area contributed by atoms with E-state index in [2.05, 4.69) is 4.74 Å². The van der Waals surface area contributed by atoms with E-state index < -0.39 is 41.6 Å². The number of esters is 2. The van der Waals surface area contributed by atoms with E-state index in [4.69, 9.17) is 20.9 Å². The number of nitrogens with zero attached hydrogens (tertiary/aromatic N) is 1. The van der Waals surface area contributed by atoms with Crippen LogP contribution in [0.4, 0.5) is 4.79 Å². The van der Waals surface area contributed by atoms with Gasteiger partial charge in [0.05, 0.1) is 14.2 Å². The van der Waals surface area contributed by atoms with E-state index in [-0.39, 0.29) is 19.3 Å². The van der Waals surface area contributed by atoms with Gasteiger partial charge in [-0.3, -0.25) is 9.59 Å². The third-order valence-electron chi connectivity index (χ3n) is 3.75. The number of hydrogen-bond donors (Lipinski definition) is 2. The second-order valence-electron chi connectivity index (χ2n) is 7.24. The second kappa shape index (κ2) is 12.3. The van der Waals surface area contributed by atoms with Crippen LogP contribution in [-0.4, -0.2) is 67.3 Å². The van der Waals surface area contributed by atoms with Crippen LogP contribution in [0.5, 0.6) is 0 Å². The molecule has 4 N–H and O–H groups in total. The molecule has 0 aromatic rings. The molecule has 2 amide bonds. The molecule has 0 spiro atoms. The van der Waals surface area contributed by atoms with Gasteiger partial charge in [0.25, 0.3) is 0 Å². The van der Waals surface area contributed by atoms with Crippen LogP contribution < -0.4 is 11.5 Å². The summed E-state index contributed by atoms with van der Waals surface area (Å²) < 4.78 is 14.6. The molecule has 0 saturated heterocycles. The fraction of sp³-hybridized carbons (Fsp3) is 0.778. The summed E-state index contributed by atoms with van der Waals surface area (Å²) in [6, 6.07) is -2.18. The van der Waals surface area contributed by atoms with Crippen molar-refractivity contribution in [2.24, 2.45) is 11.5 Å². The predicted octanol–water partition coefficient (Wildman–Crippen LogP) is 0.701. The van der Waals surface area contributed by atoms with Gasteiger partial charge in [0, 0.05) is 6.42 Å². The maximum Gasteiger partial charge on any atom is 0.417 e. The molecule has 2 atom stereocenters. The quantitative estimate of drug-likeness (QED) is 0.305. The van der Waals surface area contributed by atoms with Crippen LogP contribution in [-0.2, 0) is 28.6 Å². The van der Waals surface area contributed by atoms with Gasteiger partial charge in [-0.15, -0.1) is 0 Å². The number of unbranched alkanes of at least 4 members (excludes halogenated alkanes) is 1. The van der Waals surface area contributed by atoms with Crippen molar-refractivity contribution in [1.82, 2.24) is 4.90 Å². The van der Waals surface area contributed by atoms with Gasteiger partial charge in [-0.05, 0) is 53.0 Å². The highest BCUT2D eigenvalue weighted by Gasteiger charge is 2.38. The van der Waals surface area contributed by atoms with Crippen LogP contribution in [0.15, 0.2) is 0 Å². The van der Waals surface area contributed by atoms with E-state index in [1.54, 1.807) is 20.8 Å². The molecule has 28 heavy (non-hydrogen) atoms. The lowest BCUT2D eigenvalue weighted by atomic mass is 10.1. The Morgan fingerprint density at radius 3 is 2.00 bits per heavy atom. The van der Waals surface area contributed by atoms with E-state index in [0.29, 0.717) is 19.4 Å². The van der Waals surface area contributed by atoms with Crippen molar-refractivity contribution in [1.29, 1.82) is 0 Å². The second-order valence-corrected chi connectivity index (χ2v) is 7.24. The molecule has 0 aliphatic carbocycles. The first-order valence-electron chi connectivity index (χ1n) is 9.14. The molecule has 0 aromatic carbocycles. The zero-order valence-electron chi connectivity index (χ0n) is 17.4. The lowest BCUT2D eigenvalue weighted by molar-refractivity contribution is -0.152. The Morgan fingerprint density at radius 2 is 1.54 bits per heavy atom. The molecule has 0 aliphatic heterocycles. The molecule has 0 bridgehead atoms. The van der Waals surface area contributed by atoms with E-state index in [1.807, 2.05) is 0 Å². The largest absolute Gasteiger partial charge is 0.468 e. The van der Waals surface area contributed by atoms with Gasteiger partial charge in [0.15, 0.2) is 0 Å². The molecule has 0 heterocycles. The van der Waals surface area contributed by atoms with Crippen molar-refractivity contribution in [3.63, 3.8) is 0 Å². The summed E-state index contributed by atoms with van der Waals surface area (Å²) in [6.07, 6.45) is 0.0215. The molecule has 162 valence electrons. The van der Waals surface area contributed by atoms with Crippen LogP contribution in [0.1, 0.15) is 52.9 Å². The first-order valence-corrected chi connectivity index (χ1v) is 9.14. The lowest BCUT2D eigenvalue weighted by Crippen LogP contribution is -2.51. The molecular formula is C18H33N3O7. The summed E-state index contributed by atoms with van der Waals surface area (Å²) in [4.78, 5) is 49.9. The number of ether oxygens (including phenoxy) is 3. The van der Waals surface area contributed by atoms with Gasteiger partial charge in [-0.2, -0.15) is 0 Å². The standard InChI is InChI=1S/C18H33N3O7/c1-18(2,3)28-17(25)21(13(16(24)27-5)8-6-7-11-19)14(22)10-9-12(20)15(23)26-4/h12-13H,6-11,19-20H2,1-5H3/t12-,13-/m0/s1. The minimum Gasteiger partial charge on any atom is -0.468 e. The molecule has 0 aromatic heterocycles. The van der Waals surface area contributed by atoms with Gasteiger partial charge in [0.1, 0.15) is 17.7 Å². The Bertz CT molecular complexity index is 546. The minimum atomic E-state index is -1.16. The zero-order chi connectivity index (χ0) is 21.9. The number of amides is 2. The number of nitrogens with two attached hydrogens (primary N) is 2. The molecule has 0 aliphatic rings. The fourth-order valence-corrected chi connectivity index (χ4v) is 2.35. The third-order valence-corrected chi connectivity index (χ3v) is 3.75. The molecule has 0 rings (SSSR count). The van der Waals surface area contributed by atoms with Gasteiger partial charge >= 0.3 is 18.0 Å². The van der Waals surface area contributed by atoms with Crippen LogP contribution in [0.2, 0.25) is 0 Å². The highest BCUT2D eigenvalue weighted by Crippen LogP contribution is 2.18. The number of imide groups is 1. The number of methoxy groups -OCH3 is 2. The monoisotopic (exact) mass is 403 g/mol. The normalized spacial score (nSPS) is 13.2. The third kappa shape index (κ3) is 9.14. The van der Waals surface area contributed by atoms with Gasteiger partial charge in [-0.25, -0.2) is 14.5 Å². The van der Waals surface area contributed by atoms with E-state index in [1.165, 1.54) is 14.2 Å². The van der Waals surface area contributed by atoms with Crippen LogP contribution in [0, 0.1) is 0 Å². The van der Waals surface area contributed by atoms with Crippen molar-refractivity contribution in [2.45, 2.75) is 70.6 Å². The van der Waals surface area contributed by atoms with Crippen LogP contribution in [0.25, 0.3) is 0 Å². The Hall–Kier alpha value is -2.20. The van der Waals surface area contributed by atoms with E-state index in [0.717, 1.165) is 4.90 Å². The summed E-state index contributed by atoms with van der Waals surface area (Å²) in [5, 5.41) is 0. The van der Waals surface area contributed by atoms with Gasteiger partial charge in [-0.1, -0.05) is 0 Å².